The van der Waals surface area contributed by atoms with E-state index in [1.165, 1.54) is 225 Å². The van der Waals surface area contributed by atoms with Crippen molar-refractivity contribution in [3.8, 4) is 0 Å². The van der Waals surface area contributed by atoms with E-state index in [1.807, 2.05) is 0 Å². The molecule has 0 saturated carbocycles. The van der Waals surface area contributed by atoms with Crippen molar-refractivity contribution in [2.45, 2.75) is 296 Å². The molecule has 0 saturated heterocycles. The first-order valence-corrected chi connectivity index (χ1v) is 25.7. The van der Waals surface area contributed by atoms with E-state index in [1.54, 1.807) is 0 Å². The molecular formula is C52H100O5. The van der Waals surface area contributed by atoms with Crippen molar-refractivity contribution in [3.05, 3.63) is 12.2 Å². The minimum absolute atomic E-state index is 0.0630. The van der Waals surface area contributed by atoms with Gasteiger partial charge in [0.05, 0.1) is 6.61 Å². The standard InChI is InChI=1S/C52H100O5/c1-3-5-7-9-11-13-15-16-17-18-19-20-21-22-23-24-25-26-27-28-29-30-31-32-33-34-35-37-38-40-42-44-46-51(54)56-49-50(48-53)57-52(55)47-45-43-41-39-36-14-12-10-8-6-4-2/h10,12,50,53H,3-9,11,13-49H2,1-2H3/b12-10-. The molecule has 5 heteroatoms. The van der Waals surface area contributed by atoms with Gasteiger partial charge in [0.1, 0.15) is 6.61 Å². The molecule has 0 aliphatic rings. The summed E-state index contributed by atoms with van der Waals surface area (Å²) >= 11 is 0. The molecule has 1 atom stereocenters. The highest BCUT2D eigenvalue weighted by Crippen LogP contribution is 2.17. The van der Waals surface area contributed by atoms with E-state index in [0.717, 1.165) is 38.5 Å². The number of aliphatic hydroxyl groups is 1. The second-order valence-corrected chi connectivity index (χ2v) is 17.6. The smallest absolute Gasteiger partial charge is 0.306 e. The first kappa shape index (κ1) is 55.6. The summed E-state index contributed by atoms with van der Waals surface area (Å²) in [6, 6.07) is 0. The summed E-state index contributed by atoms with van der Waals surface area (Å²) in [4.78, 5) is 24.3. The number of esters is 2. The minimum Gasteiger partial charge on any atom is -0.462 e. The predicted molar refractivity (Wildman–Crippen MR) is 247 cm³/mol. The fraction of sp³-hybridized carbons (Fsp3) is 0.923. The van der Waals surface area contributed by atoms with E-state index in [9.17, 15) is 14.7 Å². The molecule has 0 aliphatic heterocycles. The van der Waals surface area contributed by atoms with Gasteiger partial charge in [-0.25, -0.2) is 0 Å². The Morgan fingerprint density at radius 1 is 0.386 bits per heavy atom. The number of unbranched alkanes of at least 4 members (excludes halogenated alkanes) is 38. The monoisotopic (exact) mass is 805 g/mol. The fourth-order valence-electron chi connectivity index (χ4n) is 7.89. The maximum absolute atomic E-state index is 12.2. The van der Waals surface area contributed by atoms with Crippen LogP contribution in [0.2, 0.25) is 0 Å². The van der Waals surface area contributed by atoms with Crippen LogP contribution in [-0.2, 0) is 19.1 Å². The van der Waals surface area contributed by atoms with Crippen molar-refractivity contribution < 1.29 is 24.2 Å². The minimum atomic E-state index is -0.769. The van der Waals surface area contributed by atoms with E-state index in [4.69, 9.17) is 9.47 Å². The Labute approximate surface area is 356 Å². The normalized spacial score (nSPS) is 12.1. The summed E-state index contributed by atoms with van der Waals surface area (Å²) in [5.74, 6) is -0.587. The summed E-state index contributed by atoms with van der Waals surface area (Å²) in [6.45, 7) is 4.13. The van der Waals surface area contributed by atoms with Gasteiger partial charge in [-0.1, -0.05) is 257 Å². The molecular weight excluding hydrogens is 705 g/mol. The SMILES string of the molecule is CCCC/C=C\CCCCCCCC(=O)OC(CO)COC(=O)CCCCCCCCCCCCCCCCCCCCCCCCCCCCCCCCCC. The van der Waals surface area contributed by atoms with Gasteiger partial charge in [-0.2, -0.15) is 0 Å². The number of allylic oxidation sites excluding steroid dienone is 2. The van der Waals surface area contributed by atoms with Gasteiger partial charge in [0.25, 0.3) is 0 Å². The largest absolute Gasteiger partial charge is 0.462 e. The van der Waals surface area contributed by atoms with E-state index in [2.05, 4.69) is 26.0 Å². The zero-order valence-corrected chi connectivity index (χ0v) is 38.6. The highest BCUT2D eigenvalue weighted by molar-refractivity contribution is 5.70. The van der Waals surface area contributed by atoms with Crippen LogP contribution in [0.1, 0.15) is 290 Å². The van der Waals surface area contributed by atoms with Gasteiger partial charge in [-0.3, -0.25) is 9.59 Å². The summed E-state index contributed by atoms with van der Waals surface area (Å²) in [6.07, 6.45) is 59.1. The van der Waals surface area contributed by atoms with E-state index < -0.39 is 6.10 Å². The van der Waals surface area contributed by atoms with Gasteiger partial charge < -0.3 is 14.6 Å². The third-order valence-electron chi connectivity index (χ3n) is 11.8. The van der Waals surface area contributed by atoms with Crippen LogP contribution >= 0.6 is 0 Å². The Kier molecular flexibility index (Phi) is 47.8. The maximum atomic E-state index is 12.2. The molecule has 0 aromatic rings. The number of hydrogen-bond donors (Lipinski definition) is 1. The van der Waals surface area contributed by atoms with Gasteiger partial charge in [0, 0.05) is 12.8 Å². The average molecular weight is 805 g/mol. The average Bonchev–Trinajstić information content (AvgIpc) is 3.21. The zero-order chi connectivity index (χ0) is 41.4. The Bertz CT molecular complexity index is 825. The topological polar surface area (TPSA) is 72.8 Å². The van der Waals surface area contributed by atoms with Crippen LogP contribution in [0, 0.1) is 0 Å². The van der Waals surface area contributed by atoms with Gasteiger partial charge >= 0.3 is 11.9 Å². The number of hydrogen-bond acceptors (Lipinski definition) is 5. The molecule has 0 amide bonds. The summed E-state index contributed by atoms with van der Waals surface area (Å²) in [5.41, 5.74) is 0. The number of carbonyl (C=O) groups excluding carboxylic acids is 2. The number of carbonyl (C=O) groups is 2. The molecule has 57 heavy (non-hydrogen) atoms. The molecule has 0 spiro atoms. The van der Waals surface area contributed by atoms with Crippen molar-refractivity contribution in [2.75, 3.05) is 13.2 Å². The molecule has 0 radical (unpaired) electrons. The quantitative estimate of drug-likeness (QED) is 0.0377. The highest BCUT2D eigenvalue weighted by atomic mass is 16.6. The maximum Gasteiger partial charge on any atom is 0.306 e. The van der Waals surface area contributed by atoms with Gasteiger partial charge in [0.2, 0.25) is 0 Å². The Morgan fingerprint density at radius 3 is 1.00 bits per heavy atom. The molecule has 1 unspecified atom stereocenters. The van der Waals surface area contributed by atoms with E-state index >= 15 is 0 Å². The van der Waals surface area contributed by atoms with Crippen molar-refractivity contribution in [1.29, 1.82) is 0 Å². The van der Waals surface area contributed by atoms with Crippen LogP contribution in [0.25, 0.3) is 0 Å². The molecule has 0 aromatic heterocycles. The molecule has 5 nitrogen and oxygen atoms in total. The molecule has 338 valence electrons. The summed E-state index contributed by atoms with van der Waals surface area (Å²) < 4.78 is 10.6. The lowest BCUT2D eigenvalue weighted by molar-refractivity contribution is -0.161. The molecule has 0 aromatic carbocycles. The predicted octanol–water partition coefficient (Wildman–Crippen LogP) is 16.8. The van der Waals surface area contributed by atoms with Crippen molar-refractivity contribution in [2.24, 2.45) is 0 Å². The van der Waals surface area contributed by atoms with Crippen LogP contribution in [0.15, 0.2) is 12.2 Å². The van der Waals surface area contributed by atoms with Crippen molar-refractivity contribution >= 4 is 11.9 Å². The Balaban J connectivity index is 3.35. The van der Waals surface area contributed by atoms with Crippen LogP contribution in [-0.4, -0.2) is 36.4 Å². The first-order valence-electron chi connectivity index (χ1n) is 25.7. The van der Waals surface area contributed by atoms with Crippen molar-refractivity contribution in [3.63, 3.8) is 0 Å². The van der Waals surface area contributed by atoms with Crippen molar-refractivity contribution in [1.82, 2.24) is 0 Å². The third-order valence-corrected chi connectivity index (χ3v) is 11.8. The third kappa shape index (κ3) is 47.2. The molecule has 0 bridgehead atoms. The van der Waals surface area contributed by atoms with Gasteiger partial charge in [-0.15, -0.1) is 0 Å². The lowest BCUT2D eigenvalue weighted by Crippen LogP contribution is -2.28. The van der Waals surface area contributed by atoms with Gasteiger partial charge in [-0.05, 0) is 32.1 Å². The highest BCUT2D eigenvalue weighted by Gasteiger charge is 2.16. The van der Waals surface area contributed by atoms with Crippen LogP contribution in [0.3, 0.4) is 0 Å². The summed E-state index contributed by atoms with van der Waals surface area (Å²) in [5, 5.41) is 9.57. The molecule has 0 aliphatic carbocycles. The molecule has 0 heterocycles. The first-order chi connectivity index (χ1) is 28.1. The zero-order valence-electron chi connectivity index (χ0n) is 38.6. The molecule has 1 N–H and O–H groups in total. The Hall–Kier alpha value is -1.36. The number of aliphatic hydroxyl groups excluding tert-OH is 1. The second-order valence-electron chi connectivity index (χ2n) is 17.6. The fourth-order valence-corrected chi connectivity index (χ4v) is 7.89. The van der Waals surface area contributed by atoms with Crippen LogP contribution in [0.4, 0.5) is 0 Å². The molecule has 0 rings (SSSR count). The molecule has 0 fully saturated rings. The number of ether oxygens (including phenoxy) is 2. The lowest BCUT2D eigenvalue weighted by Gasteiger charge is -2.15. The summed E-state index contributed by atoms with van der Waals surface area (Å²) in [7, 11) is 0. The van der Waals surface area contributed by atoms with E-state index in [-0.39, 0.29) is 25.2 Å². The Morgan fingerprint density at radius 2 is 0.667 bits per heavy atom. The van der Waals surface area contributed by atoms with Crippen LogP contribution in [0.5, 0.6) is 0 Å². The van der Waals surface area contributed by atoms with Gasteiger partial charge in [0.15, 0.2) is 6.10 Å². The second kappa shape index (κ2) is 49.0. The lowest BCUT2D eigenvalue weighted by atomic mass is 10.0. The van der Waals surface area contributed by atoms with Crippen LogP contribution < -0.4 is 0 Å². The number of rotatable bonds is 48. The van der Waals surface area contributed by atoms with E-state index in [0.29, 0.717) is 12.8 Å².